The highest BCUT2D eigenvalue weighted by Crippen LogP contribution is 2.33. The maximum Gasteiger partial charge on any atom is 0.0954 e. The van der Waals surface area contributed by atoms with Crippen LogP contribution in [0.4, 0.5) is 0 Å². The number of rotatable bonds is 4. The van der Waals surface area contributed by atoms with Crippen LogP contribution in [-0.2, 0) is 0 Å². The van der Waals surface area contributed by atoms with E-state index in [1.165, 1.54) is 0 Å². The van der Waals surface area contributed by atoms with Gasteiger partial charge >= 0.3 is 0 Å². The van der Waals surface area contributed by atoms with Crippen molar-refractivity contribution in [1.82, 2.24) is 19.1 Å². The van der Waals surface area contributed by atoms with Crippen molar-refractivity contribution in [1.29, 1.82) is 0 Å². The summed E-state index contributed by atoms with van der Waals surface area (Å²) < 4.78 is 4.10. The number of hydrogen-bond acceptors (Lipinski definition) is 1. The van der Waals surface area contributed by atoms with Gasteiger partial charge < -0.3 is 14.1 Å². The number of nitrogens with one attached hydrogen (secondary N) is 1. The van der Waals surface area contributed by atoms with Gasteiger partial charge in [-0.05, 0) is 35.4 Å². The molecule has 3 heterocycles. The summed E-state index contributed by atoms with van der Waals surface area (Å²) in [7, 11) is 0. The first-order valence-corrected chi connectivity index (χ1v) is 8.21. The molecule has 0 saturated heterocycles. The maximum absolute atomic E-state index is 6.47. The van der Waals surface area contributed by atoms with Crippen molar-refractivity contribution in [3.8, 4) is 5.69 Å². The minimum Gasteiger partial charge on any atom is -0.366 e. The Morgan fingerprint density at radius 1 is 1.08 bits per heavy atom. The van der Waals surface area contributed by atoms with Gasteiger partial charge in [0.1, 0.15) is 0 Å². The molecule has 0 aliphatic rings. The zero-order valence-electron chi connectivity index (χ0n) is 12.6. The van der Waals surface area contributed by atoms with Gasteiger partial charge in [0, 0.05) is 47.2 Å². The fourth-order valence-electron chi connectivity index (χ4n) is 2.87. The fraction of sp³-hybridized carbons (Fsp3) is 0.0556. The van der Waals surface area contributed by atoms with Crippen molar-refractivity contribution in [2.45, 2.75) is 6.04 Å². The first kappa shape index (κ1) is 15.1. The SMILES string of the molecule is Clc1ccc(C(c2ccn(-c3cc[nH]c3)c2)n2ccnc2)c(Cl)c1. The number of halogens is 2. The van der Waals surface area contributed by atoms with Crippen LogP contribution >= 0.6 is 23.2 Å². The summed E-state index contributed by atoms with van der Waals surface area (Å²) in [5.41, 5.74) is 3.16. The molecular formula is C18H14Cl2N4. The summed E-state index contributed by atoms with van der Waals surface area (Å²) in [6.45, 7) is 0. The molecule has 1 N–H and O–H groups in total. The lowest BCUT2D eigenvalue weighted by molar-refractivity contribution is 0.677. The lowest BCUT2D eigenvalue weighted by atomic mass is 10.0. The molecule has 0 bridgehead atoms. The zero-order chi connectivity index (χ0) is 16.5. The van der Waals surface area contributed by atoms with Gasteiger partial charge in [0.2, 0.25) is 0 Å². The minimum absolute atomic E-state index is 0.0718. The van der Waals surface area contributed by atoms with E-state index in [1.54, 1.807) is 18.6 Å². The van der Waals surface area contributed by atoms with Gasteiger partial charge in [0.25, 0.3) is 0 Å². The molecule has 4 nitrogen and oxygen atoms in total. The highest BCUT2D eigenvalue weighted by atomic mass is 35.5. The summed E-state index contributed by atoms with van der Waals surface area (Å²) in [5.74, 6) is 0. The summed E-state index contributed by atoms with van der Waals surface area (Å²) in [6.07, 6.45) is 13.5. The Kier molecular flexibility index (Phi) is 3.92. The van der Waals surface area contributed by atoms with Crippen LogP contribution in [0.25, 0.3) is 5.69 Å². The number of aromatic amines is 1. The van der Waals surface area contributed by atoms with E-state index in [-0.39, 0.29) is 6.04 Å². The molecule has 3 aromatic heterocycles. The molecular weight excluding hydrogens is 343 g/mol. The molecule has 0 fully saturated rings. The van der Waals surface area contributed by atoms with Crippen LogP contribution in [0.2, 0.25) is 10.0 Å². The number of nitrogens with zero attached hydrogens (tertiary/aromatic N) is 3. The third kappa shape index (κ3) is 2.75. The van der Waals surface area contributed by atoms with Crippen molar-refractivity contribution >= 4 is 23.2 Å². The zero-order valence-corrected chi connectivity index (χ0v) is 14.1. The van der Waals surface area contributed by atoms with Crippen molar-refractivity contribution in [2.24, 2.45) is 0 Å². The van der Waals surface area contributed by atoms with E-state index >= 15 is 0 Å². The molecule has 1 aromatic carbocycles. The number of benzene rings is 1. The van der Waals surface area contributed by atoms with E-state index < -0.39 is 0 Å². The first-order valence-electron chi connectivity index (χ1n) is 7.46. The Balaban J connectivity index is 1.82. The predicted molar refractivity (Wildman–Crippen MR) is 96.0 cm³/mol. The molecule has 1 atom stereocenters. The van der Waals surface area contributed by atoms with Crippen LogP contribution in [0.15, 0.2) is 73.8 Å². The van der Waals surface area contributed by atoms with Crippen molar-refractivity contribution in [3.05, 3.63) is 95.0 Å². The molecule has 4 aromatic rings. The lowest BCUT2D eigenvalue weighted by Crippen LogP contribution is -2.10. The highest BCUT2D eigenvalue weighted by molar-refractivity contribution is 6.35. The standard InChI is InChI=1S/C18H14Cl2N4/c19-14-1-2-16(17(20)9-14)18(24-8-6-22-12-24)13-4-7-23(11-13)15-3-5-21-10-15/h1-12,18,21H. The molecule has 0 amide bonds. The molecule has 0 radical (unpaired) electrons. The van der Waals surface area contributed by atoms with Gasteiger partial charge in [-0.25, -0.2) is 4.98 Å². The van der Waals surface area contributed by atoms with Crippen molar-refractivity contribution in [3.63, 3.8) is 0 Å². The molecule has 0 aliphatic carbocycles. The average molecular weight is 357 g/mol. The third-order valence-electron chi connectivity index (χ3n) is 3.99. The van der Waals surface area contributed by atoms with Crippen LogP contribution in [0.3, 0.4) is 0 Å². The topological polar surface area (TPSA) is 38.5 Å². The lowest BCUT2D eigenvalue weighted by Gasteiger charge is -2.19. The van der Waals surface area contributed by atoms with E-state index in [9.17, 15) is 0 Å². The summed E-state index contributed by atoms with van der Waals surface area (Å²) in [5, 5.41) is 1.26. The second kappa shape index (κ2) is 6.23. The van der Waals surface area contributed by atoms with E-state index in [0.29, 0.717) is 10.0 Å². The molecule has 0 spiro atoms. The maximum atomic E-state index is 6.47. The van der Waals surface area contributed by atoms with Gasteiger partial charge in [0.05, 0.1) is 18.1 Å². The van der Waals surface area contributed by atoms with Crippen molar-refractivity contribution < 1.29 is 0 Å². The van der Waals surface area contributed by atoms with Gasteiger partial charge in [0.15, 0.2) is 0 Å². The molecule has 24 heavy (non-hydrogen) atoms. The number of hydrogen-bond donors (Lipinski definition) is 1. The van der Waals surface area contributed by atoms with Crippen LogP contribution in [0.1, 0.15) is 17.2 Å². The molecule has 120 valence electrons. The Labute approximate surface area is 149 Å². The normalized spacial score (nSPS) is 12.4. The summed E-state index contributed by atoms with van der Waals surface area (Å²) >= 11 is 12.5. The second-order valence-electron chi connectivity index (χ2n) is 5.50. The van der Waals surface area contributed by atoms with E-state index in [4.69, 9.17) is 23.2 Å². The fourth-order valence-corrected chi connectivity index (χ4v) is 3.38. The highest BCUT2D eigenvalue weighted by Gasteiger charge is 2.20. The van der Waals surface area contributed by atoms with Gasteiger partial charge in [-0.3, -0.25) is 0 Å². The number of imidazole rings is 1. The molecule has 1 unspecified atom stereocenters. The Hall–Kier alpha value is -2.43. The Morgan fingerprint density at radius 2 is 2.00 bits per heavy atom. The van der Waals surface area contributed by atoms with E-state index in [2.05, 4.69) is 26.8 Å². The summed E-state index contributed by atoms with van der Waals surface area (Å²) in [4.78, 5) is 7.25. The van der Waals surface area contributed by atoms with Crippen LogP contribution in [-0.4, -0.2) is 19.1 Å². The largest absolute Gasteiger partial charge is 0.366 e. The Bertz CT molecular complexity index is 939. The van der Waals surface area contributed by atoms with E-state index in [1.807, 2.05) is 47.6 Å². The molecule has 0 aliphatic heterocycles. The summed E-state index contributed by atoms with van der Waals surface area (Å²) in [6, 6.07) is 9.62. The monoisotopic (exact) mass is 356 g/mol. The Morgan fingerprint density at radius 3 is 2.71 bits per heavy atom. The number of H-pyrrole nitrogens is 1. The molecule has 4 rings (SSSR count). The second-order valence-corrected chi connectivity index (χ2v) is 6.34. The van der Waals surface area contributed by atoms with Gasteiger partial charge in [-0.15, -0.1) is 0 Å². The molecule has 0 saturated carbocycles. The quantitative estimate of drug-likeness (QED) is 0.552. The number of aromatic nitrogens is 4. The smallest absolute Gasteiger partial charge is 0.0954 e. The third-order valence-corrected chi connectivity index (χ3v) is 4.55. The van der Waals surface area contributed by atoms with Crippen LogP contribution in [0.5, 0.6) is 0 Å². The van der Waals surface area contributed by atoms with Crippen LogP contribution in [0, 0.1) is 0 Å². The minimum atomic E-state index is -0.0718. The van der Waals surface area contributed by atoms with Crippen LogP contribution < -0.4 is 0 Å². The average Bonchev–Trinajstić information content (AvgIpc) is 3.32. The van der Waals surface area contributed by atoms with Gasteiger partial charge in [-0.2, -0.15) is 0 Å². The molecule has 6 heteroatoms. The predicted octanol–water partition coefficient (Wildman–Crippen LogP) is 4.95. The van der Waals surface area contributed by atoms with E-state index in [0.717, 1.165) is 16.8 Å². The van der Waals surface area contributed by atoms with Crippen molar-refractivity contribution in [2.75, 3.05) is 0 Å². The van der Waals surface area contributed by atoms with Gasteiger partial charge in [-0.1, -0.05) is 29.3 Å². The first-order chi connectivity index (χ1) is 11.7.